The number of nitrogens with zero attached hydrogens (tertiary/aromatic N) is 3. The summed E-state index contributed by atoms with van der Waals surface area (Å²) >= 11 is 0. The molecule has 2 atom stereocenters. The third-order valence-electron chi connectivity index (χ3n) is 5.53. The van der Waals surface area contributed by atoms with E-state index in [4.69, 9.17) is 0 Å². The Morgan fingerprint density at radius 2 is 1.81 bits per heavy atom. The van der Waals surface area contributed by atoms with Gasteiger partial charge in [0.2, 0.25) is 5.95 Å². The molecule has 3 fully saturated rings. The molecule has 0 saturated carbocycles. The normalized spacial score (nSPS) is 27.4. The molecule has 8 heteroatoms. The lowest BCUT2D eigenvalue weighted by Crippen LogP contribution is -2.59. The zero-order valence-corrected chi connectivity index (χ0v) is 14.9. The van der Waals surface area contributed by atoms with E-state index in [1.54, 1.807) is 18.5 Å². The summed E-state index contributed by atoms with van der Waals surface area (Å²) < 4.78 is 41.1. The van der Waals surface area contributed by atoms with Gasteiger partial charge < -0.3 is 10.1 Å². The molecule has 0 amide bonds. The van der Waals surface area contributed by atoms with Crippen LogP contribution in [0.4, 0.5) is 19.1 Å². The molecule has 0 aliphatic carbocycles. The van der Waals surface area contributed by atoms with Crippen LogP contribution in [0.1, 0.15) is 19.8 Å². The molecule has 2 bridgehead atoms. The minimum Gasteiger partial charge on any atom is -0.406 e. The second-order valence-electron chi connectivity index (χ2n) is 7.16. The topological polar surface area (TPSA) is 50.3 Å². The first kappa shape index (κ1) is 18.0. The van der Waals surface area contributed by atoms with Gasteiger partial charge in [0.1, 0.15) is 5.75 Å². The number of nitrogens with one attached hydrogen (secondary N) is 1. The van der Waals surface area contributed by atoms with Gasteiger partial charge in [-0.1, -0.05) is 12.1 Å². The number of anilines is 1. The average molecular weight is 378 g/mol. The summed E-state index contributed by atoms with van der Waals surface area (Å²) in [5, 5.41) is 3.45. The predicted octanol–water partition coefficient (Wildman–Crippen LogP) is 3.94. The van der Waals surface area contributed by atoms with Crippen molar-refractivity contribution < 1.29 is 17.9 Å². The Morgan fingerprint density at radius 3 is 2.44 bits per heavy atom. The van der Waals surface area contributed by atoms with Crippen molar-refractivity contribution >= 4 is 5.95 Å². The van der Waals surface area contributed by atoms with Crippen molar-refractivity contribution in [2.75, 3.05) is 18.4 Å². The molecule has 5 rings (SSSR count). The van der Waals surface area contributed by atoms with Crippen molar-refractivity contribution in [3.63, 3.8) is 0 Å². The monoisotopic (exact) mass is 378 g/mol. The number of hydrogen-bond donors (Lipinski definition) is 1. The largest absolute Gasteiger partial charge is 0.573 e. The zero-order valence-electron chi connectivity index (χ0n) is 14.9. The number of rotatable bonds is 4. The highest BCUT2D eigenvalue weighted by atomic mass is 19.4. The van der Waals surface area contributed by atoms with Crippen molar-refractivity contribution in [3.8, 4) is 16.9 Å². The van der Waals surface area contributed by atoms with Crippen molar-refractivity contribution in [1.29, 1.82) is 0 Å². The first-order valence-corrected chi connectivity index (χ1v) is 9.08. The summed E-state index contributed by atoms with van der Waals surface area (Å²) in [5.41, 5.74) is 1.20. The van der Waals surface area contributed by atoms with Crippen LogP contribution < -0.4 is 10.1 Å². The molecule has 3 saturated heterocycles. The molecule has 3 aliphatic rings. The second-order valence-corrected chi connectivity index (χ2v) is 7.16. The molecule has 2 aromatic rings. The summed E-state index contributed by atoms with van der Waals surface area (Å²) in [7, 11) is 0. The van der Waals surface area contributed by atoms with Crippen molar-refractivity contribution in [3.05, 3.63) is 36.7 Å². The molecular formula is C19H21F3N4O. The van der Waals surface area contributed by atoms with Gasteiger partial charge >= 0.3 is 6.36 Å². The SMILES string of the molecule is C[C@@H]1[C@@H](Nc2ncc(-c3cccc(OC(F)(F)F)c3)cn2)C2CCN1CC2. The number of ether oxygens (including phenoxy) is 1. The molecular weight excluding hydrogens is 357 g/mol. The zero-order chi connectivity index (χ0) is 19.0. The van der Waals surface area contributed by atoms with Gasteiger partial charge in [-0.3, -0.25) is 4.90 Å². The van der Waals surface area contributed by atoms with Gasteiger partial charge in [-0.05, 0) is 56.5 Å². The highest BCUT2D eigenvalue weighted by Gasteiger charge is 2.40. The van der Waals surface area contributed by atoms with Crippen LogP contribution in [0.3, 0.4) is 0 Å². The van der Waals surface area contributed by atoms with Crippen molar-refractivity contribution in [1.82, 2.24) is 14.9 Å². The third kappa shape index (κ3) is 4.00. The lowest BCUT2D eigenvalue weighted by Gasteiger charge is -2.49. The quantitative estimate of drug-likeness (QED) is 0.874. The van der Waals surface area contributed by atoms with Crippen LogP contribution in [-0.2, 0) is 0 Å². The first-order chi connectivity index (χ1) is 12.9. The number of halogens is 3. The van der Waals surface area contributed by atoms with Crippen molar-refractivity contribution in [2.45, 2.75) is 38.2 Å². The van der Waals surface area contributed by atoms with Crippen LogP contribution in [0.2, 0.25) is 0 Å². The predicted molar refractivity (Wildman–Crippen MR) is 95.3 cm³/mol. The number of benzene rings is 1. The van der Waals surface area contributed by atoms with Crippen LogP contribution in [0, 0.1) is 5.92 Å². The van der Waals surface area contributed by atoms with Crippen LogP contribution in [0.15, 0.2) is 36.7 Å². The Morgan fingerprint density at radius 1 is 1.11 bits per heavy atom. The van der Waals surface area contributed by atoms with E-state index in [1.165, 1.54) is 31.0 Å². The summed E-state index contributed by atoms with van der Waals surface area (Å²) in [6, 6.07) is 6.57. The van der Waals surface area contributed by atoms with Gasteiger partial charge in [0.25, 0.3) is 0 Å². The molecule has 1 aromatic carbocycles. The maximum absolute atomic E-state index is 12.4. The molecule has 0 radical (unpaired) electrons. The highest BCUT2D eigenvalue weighted by Crippen LogP contribution is 2.34. The smallest absolute Gasteiger partial charge is 0.406 e. The summed E-state index contributed by atoms with van der Waals surface area (Å²) in [4.78, 5) is 11.2. The minimum absolute atomic E-state index is 0.261. The molecule has 3 aliphatic heterocycles. The molecule has 0 unspecified atom stereocenters. The van der Waals surface area contributed by atoms with Crippen molar-refractivity contribution in [2.24, 2.45) is 5.92 Å². The van der Waals surface area contributed by atoms with E-state index in [1.807, 2.05) is 0 Å². The Bertz CT molecular complexity index is 786. The van der Waals surface area contributed by atoms with Crippen LogP contribution in [-0.4, -0.2) is 46.4 Å². The fourth-order valence-electron chi connectivity index (χ4n) is 4.12. The number of fused-ring (bicyclic) bond motifs is 3. The molecule has 1 aromatic heterocycles. The molecule has 27 heavy (non-hydrogen) atoms. The summed E-state index contributed by atoms with van der Waals surface area (Å²) in [5.74, 6) is 0.917. The van der Waals surface area contributed by atoms with Gasteiger partial charge in [-0.25, -0.2) is 9.97 Å². The number of aromatic nitrogens is 2. The Hall–Kier alpha value is -2.35. The van der Waals surface area contributed by atoms with E-state index >= 15 is 0 Å². The minimum atomic E-state index is -4.71. The van der Waals surface area contributed by atoms with Gasteiger partial charge in [0, 0.05) is 30.0 Å². The van der Waals surface area contributed by atoms with Crippen LogP contribution in [0.5, 0.6) is 5.75 Å². The standard InChI is InChI=1S/C19H21F3N4O/c1-12-17(13-5-7-26(12)8-6-13)25-18-23-10-15(11-24-18)14-3-2-4-16(9-14)27-19(20,21)22/h2-4,9-13,17H,5-8H2,1H3,(H,23,24,25)/t12-,17-/m1/s1. The van der Waals surface area contributed by atoms with Gasteiger partial charge in [0.15, 0.2) is 0 Å². The second kappa shape index (κ2) is 6.99. The van der Waals surface area contributed by atoms with Crippen LogP contribution >= 0.6 is 0 Å². The Labute approximate surface area is 155 Å². The molecule has 4 heterocycles. The Kier molecular flexibility index (Phi) is 4.67. The van der Waals surface area contributed by atoms with Gasteiger partial charge in [0.05, 0.1) is 0 Å². The lowest BCUT2D eigenvalue weighted by molar-refractivity contribution is -0.274. The van der Waals surface area contributed by atoms with E-state index in [9.17, 15) is 13.2 Å². The number of hydrogen-bond acceptors (Lipinski definition) is 5. The molecule has 144 valence electrons. The van der Waals surface area contributed by atoms with Gasteiger partial charge in [-0.15, -0.1) is 13.2 Å². The Balaban J connectivity index is 1.47. The summed E-state index contributed by atoms with van der Waals surface area (Å²) in [6.45, 7) is 4.53. The number of alkyl halides is 3. The highest BCUT2D eigenvalue weighted by molar-refractivity contribution is 5.63. The summed E-state index contributed by atoms with van der Waals surface area (Å²) in [6.07, 6.45) is 0.898. The van der Waals surface area contributed by atoms with E-state index in [-0.39, 0.29) is 5.75 Å². The van der Waals surface area contributed by atoms with E-state index in [2.05, 4.69) is 31.8 Å². The molecule has 1 N–H and O–H groups in total. The lowest BCUT2D eigenvalue weighted by atomic mass is 9.79. The van der Waals surface area contributed by atoms with E-state index in [0.29, 0.717) is 35.1 Å². The third-order valence-corrected chi connectivity index (χ3v) is 5.53. The molecule has 5 nitrogen and oxygen atoms in total. The van der Waals surface area contributed by atoms with Crippen LogP contribution in [0.25, 0.3) is 11.1 Å². The maximum atomic E-state index is 12.4. The maximum Gasteiger partial charge on any atom is 0.573 e. The molecule has 0 spiro atoms. The first-order valence-electron chi connectivity index (χ1n) is 9.08. The number of piperidine rings is 3. The van der Waals surface area contributed by atoms with E-state index in [0.717, 1.165) is 13.1 Å². The average Bonchev–Trinajstić information content (AvgIpc) is 2.64. The van der Waals surface area contributed by atoms with E-state index < -0.39 is 6.36 Å². The fourth-order valence-corrected chi connectivity index (χ4v) is 4.12. The van der Waals surface area contributed by atoms with Gasteiger partial charge in [-0.2, -0.15) is 0 Å². The fraction of sp³-hybridized carbons (Fsp3) is 0.474.